The Morgan fingerprint density at radius 3 is 2.03 bits per heavy atom. The largest absolute Gasteiger partial charge is 0.477 e. The average Bonchev–Trinajstić information content (AvgIpc) is 3.19. The van der Waals surface area contributed by atoms with Crippen molar-refractivity contribution in [1.82, 2.24) is 4.57 Å². The highest BCUT2D eigenvalue weighted by Gasteiger charge is 2.45. The van der Waals surface area contributed by atoms with Crippen molar-refractivity contribution in [2.75, 3.05) is 0 Å². The quantitative estimate of drug-likeness (QED) is 0.276. The molecule has 0 N–H and O–H groups in total. The van der Waals surface area contributed by atoms with Crippen LogP contribution in [0.5, 0.6) is 5.75 Å². The molecular formula is C32H29NO. The average molecular weight is 444 g/mol. The maximum absolute atomic E-state index is 7.02. The molecule has 0 amide bonds. The highest BCUT2D eigenvalue weighted by molar-refractivity contribution is 5.87. The molecule has 0 spiro atoms. The molecule has 2 heterocycles. The van der Waals surface area contributed by atoms with Gasteiger partial charge in [0.15, 0.2) is 5.60 Å². The molecule has 1 aliphatic heterocycles. The molecule has 6 rings (SSSR count). The lowest BCUT2D eigenvalue weighted by molar-refractivity contribution is 0.0777. The summed E-state index contributed by atoms with van der Waals surface area (Å²) in [5.41, 5.74) is 7.17. The molecule has 0 bridgehead atoms. The third-order valence-corrected chi connectivity index (χ3v) is 7.49. The smallest absolute Gasteiger partial charge is 0.160 e. The lowest BCUT2D eigenvalue weighted by atomic mass is 9.72. The Hall–Kier alpha value is -3.78. The summed E-state index contributed by atoms with van der Waals surface area (Å²) >= 11 is 0. The molecule has 1 unspecified atom stereocenters. The van der Waals surface area contributed by atoms with Gasteiger partial charge in [-0.3, -0.25) is 0 Å². The third kappa shape index (κ3) is 3.09. The first kappa shape index (κ1) is 20.8. The summed E-state index contributed by atoms with van der Waals surface area (Å²) in [7, 11) is 0. The summed E-state index contributed by atoms with van der Waals surface area (Å²) in [5.74, 6) is 1.18. The Labute approximate surface area is 201 Å². The van der Waals surface area contributed by atoms with Gasteiger partial charge in [0.05, 0.1) is 0 Å². The van der Waals surface area contributed by atoms with Crippen molar-refractivity contribution >= 4 is 10.9 Å². The van der Waals surface area contributed by atoms with Gasteiger partial charge in [0, 0.05) is 41.0 Å². The van der Waals surface area contributed by atoms with Crippen LogP contribution in [0.1, 0.15) is 47.2 Å². The minimum Gasteiger partial charge on any atom is -0.477 e. The van der Waals surface area contributed by atoms with E-state index in [0.717, 1.165) is 18.7 Å². The number of hydrogen-bond donors (Lipinski definition) is 0. The van der Waals surface area contributed by atoms with Gasteiger partial charge in [0.25, 0.3) is 0 Å². The van der Waals surface area contributed by atoms with Gasteiger partial charge in [-0.15, -0.1) is 0 Å². The zero-order valence-electron chi connectivity index (χ0n) is 19.7. The second kappa shape index (κ2) is 8.22. The highest BCUT2D eigenvalue weighted by atomic mass is 16.5. The van der Waals surface area contributed by atoms with E-state index in [1.165, 1.54) is 38.9 Å². The zero-order valence-corrected chi connectivity index (χ0v) is 19.7. The molecule has 0 saturated heterocycles. The molecule has 34 heavy (non-hydrogen) atoms. The predicted molar refractivity (Wildman–Crippen MR) is 140 cm³/mol. The van der Waals surface area contributed by atoms with Gasteiger partial charge in [-0.1, -0.05) is 97.1 Å². The normalized spacial score (nSPS) is 16.7. The SMILES string of the molecule is CCn1c(C)c(C2CC(c3ccccc3)(c3ccccc3)Oc3ccccc32)c2ccccc21. The van der Waals surface area contributed by atoms with E-state index < -0.39 is 5.60 Å². The van der Waals surface area contributed by atoms with Gasteiger partial charge in [-0.2, -0.15) is 0 Å². The van der Waals surface area contributed by atoms with Crippen molar-refractivity contribution in [1.29, 1.82) is 0 Å². The number of aromatic nitrogens is 1. The predicted octanol–water partition coefficient (Wildman–Crippen LogP) is 7.83. The summed E-state index contributed by atoms with van der Waals surface area (Å²) in [4.78, 5) is 0. The fourth-order valence-corrected chi connectivity index (χ4v) is 5.99. The van der Waals surface area contributed by atoms with Crippen LogP contribution >= 0.6 is 0 Å². The van der Waals surface area contributed by atoms with Crippen LogP contribution in [0.4, 0.5) is 0 Å². The first-order chi connectivity index (χ1) is 16.7. The number of para-hydroxylation sites is 2. The van der Waals surface area contributed by atoms with Crippen LogP contribution in [-0.2, 0) is 12.1 Å². The molecule has 4 aromatic carbocycles. The topological polar surface area (TPSA) is 14.2 Å². The Morgan fingerprint density at radius 1 is 0.765 bits per heavy atom. The Bertz CT molecular complexity index is 1410. The van der Waals surface area contributed by atoms with Crippen molar-refractivity contribution < 1.29 is 4.74 Å². The minimum atomic E-state index is -0.566. The van der Waals surface area contributed by atoms with E-state index in [2.05, 4.69) is 128 Å². The van der Waals surface area contributed by atoms with E-state index in [0.29, 0.717) is 0 Å². The summed E-state index contributed by atoms with van der Waals surface area (Å²) in [5, 5.41) is 1.35. The van der Waals surface area contributed by atoms with Crippen LogP contribution in [0.3, 0.4) is 0 Å². The van der Waals surface area contributed by atoms with Crippen molar-refractivity contribution in [3.63, 3.8) is 0 Å². The first-order valence-electron chi connectivity index (χ1n) is 12.2. The Morgan fingerprint density at radius 2 is 1.35 bits per heavy atom. The van der Waals surface area contributed by atoms with Crippen LogP contribution in [-0.4, -0.2) is 4.57 Å². The number of nitrogens with zero attached hydrogens (tertiary/aromatic N) is 1. The van der Waals surface area contributed by atoms with E-state index >= 15 is 0 Å². The van der Waals surface area contributed by atoms with Gasteiger partial charge in [-0.05, 0) is 42.7 Å². The molecule has 0 aliphatic carbocycles. The van der Waals surface area contributed by atoms with Crippen molar-refractivity contribution in [2.24, 2.45) is 0 Å². The molecular weight excluding hydrogens is 414 g/mol. The second-order valence-electron chi connectivity index (χ2n) is 9.22. The molecule has 5 aromatic rings. The van der Waals surface area contributed by atoms with Gasteiger partial charge < -0.3 is 9.30 Å². The highest BCUT2D eigenvalue weighted by Crippen LogP contribution is 2.53. The fraction of sp³-hybridized carbons (Fsp3) is 0.188. The summed E-state index contributed by atoms with van der Waals surface area (Å²) < 4.78 is 9.48. The maximum atomic E-state index is 7.02. The van der Waals surface area contributed by atoms with E-state index in [-0.39, 0.29) is 5.92 Å². The van der Waals surface area contributed by atoms with E-state index in [1.807, 2.05) is 0 Å². The first-order valence-corrected chi connectivity index (χ1v) is 12.2. The number of fused-ring (bicyclic) bond motifs is 2. The number of benzene rings is 4. The van der Waals surface area contributed by atoms with E-state index in [9.17, 15) is 0 Å². The lowest BCUT2D eigenvalue weighted by Crippen LogP contribution is -2.40. The summed E-state index contributed by atoms with van der Waals surface area (Å²) in [6.07, 6.45) is 0.844. The van der Waals surface area contributed by atoms with Gasteiger partial charge in [-0.25, -0.2) is 0 Å². The maximum Gasteiger partial charge on any atom is 0.160 e. The standard InChI is InChI=1S/C32H29NO/c1-3-33-23(2)31(27-19-10-12-20-29(27)33)28-22-32(24-14-6-4-7-15-24,25-16-8-5-9-17-25)34-30-21-13-11-18-26(28)30/h4-21,28H,3,22H2,1-2H3. The number of hydrogen-bond acceptors (Lipinski definition) is 1. The molecule has 0 radical (unpaired) electrons. The van der Waals surface area contributed by atoms with Crippen molar-refractivity contribution in [3.8, 4) is 5.75 Å². The van der Waals surface area contributed by atoms with Crippen molar-refractivity contribution in [3.05, 3.63) is 137 Å². The van der Waals surface area contributed by atoms with Crippen LogP contribution < -0.4 is 4.74 Å². The number of rotatable bonds is 4. The molecule has 1 aromatic heterocycles. The molecule has 0 saturated carbocycles. The molecule has 1 aliphatic rings. The van der Waals surface area contributed by atoms with Gasteiger partial charge >= 0.3 is 0 Å². The molecule has 1 atom stereocenters. The van der Waals surface area contributed by atoms with E-state index in [4.69, 9.17) is 4.74 Å². The third-order valence-electron chi connectivity index (χ3n) is 7.49. The number of ether oxygens (including phenoxy) is 1. The second-order valence-corrected chi connectivity index (χ2v) is 9.22. The number of aryl methyl sites for hydroxylation is 1. The Balaban J connectivity index is 1.65. The van der Waals surface area contributed by atoms with Crippen LogP contribution in [0.15, 0.2) is 109 Å². The van der Waals surface area contributed by atoms with E-state index in [1.54, 1.807) is 0 Å². The molecule has 0 fully saturated rings. The molecule has 168 valence electrons. The fourth-order valence-electron chi connectivity index (χ4n) is 5.99. The van der Waals surface area contributed by atoms with Gasteiger partial charge in [0.1, 0.15) is 5.75 Å². The van der Waals surface area contributed by atoms with Crippen molar-refractivity contribution in [2.45, 2.75) is 38.3 Å². The summed E-state index contributed by atoms with van der Waals surface area (Å²) in [6, 6.07) is 38.9. The molecule has 2 nitrogen and oxygen atoms in total. The Kier molecular flexibility index (Phi) is 5.03. The van der Waals surface area contributed by atoms with Crippen LogP contribution in [0.2, 0.25) is 0 Å². The minimum absolute atomic E-state index is 0.211. The monoisotopic (exact) mass is 443 g/mol. The lowest BCUT2D eigenvalue weighted by Gasteiger charge is -2.43. The van der Waals surface area contributed by atoms with Crippen LogP contribution in [0, 0.1) is 6.92 Å². The van der Waals surface area contributed by atoms with Crippen LogP contribution in [0.25, 0.3) is 10.9 Å². The molecule has 2 heteroatoms. The zero-order chi connectivity index (χ0) is 23.1. The summed E-state index contributed by atoms with van der Waals surface area (Å²) in [6.45, 7) is 5.47. The van der Waals surface area contributed by atoms with Gasteiger partial charge in [0.2, 0.25) is 0 Å².